The number of amidine groups is 1. The summed E-state index contributed by atoms with van der Waals surface area (Å²) in [5, 5.41) is 7.21. The van der Waals surface area contributed by atoms with Crippen LogP contribution in [0.15, 0.2) is 6.07 Å². The lowest BCUT2D eigenvalue weighted by molar-refractivity contribution is 0.0588. The van der Waals surface area contributed by atoms with E-state index in [9.17, 15) is 4.79 Å². The van der Waals surface area contributed by atoms with Gasteiger partial charge in [-0.1, -0.05) is 0 Å². The van der Waals surface area contributed by atoms with Crippen molar-refractivity contribution in [3.05, 3.63) is 23.0 Å². The van der Waals surface area contributed by atoms with E-state index >= 15 is 0 Å². The van der Waals surface area contributed by atoms with Gasteiger partial charge in [-0.2, -0.15) is 0 Å². The van der Waals surface area contributed by atoms with Crippen LogP contribution >= 0.6 is 0 Å². The average Bonchev–Trinajstić information content (AvgIpc) is 2.40. The molecule has 1 aromatic heterocycles. The summed E-state index contributed by atoms with van der Waals surface area (Å²) in [7, 11) is 3.11. The van der Waals surface area contributed by atoms with E-state index < -0.39 is 0 Å². The number of nitrogens with two attached hydrogens (primary N) is 1. The number of ether oxygens (including phenoxy) is 1. The van der Waals surface area contributed by atoms with Gasteiger partial charge in [0.2, 0.25) is 0 Å². The number of aryl methyl sites for hydroxylation is 1. The third-order valence-corrected chi connectivity index (χ3v) is 2.27. The predicted octanol–water partition coefficient (Wildman–Crippen LogP) is 0.599. The normalized spacial score (nSPS) is 10.1. The van der Waals surface area contributed by atoms with Crippen LogP contribution in [0.25, 0.3) is 0 Å². The highest BCUT2D eigenvalue weighted by molar-refractivity contribution is 5.90. The average molecular weight is 209 g/mol. The Bertz CT molecular complexity index is 407. The van der Waals surface area contributed by atoms with E-state index in [0.717, 1.165) is 11.3 Å². The first-order valence-electron chi connectivity index (χ1n) is 4.53. The van der Waals surface area contributed by atoms with Gasteiger partial charge in [0.05, 0.1) is 12.9 Å². The molecule has 82 valence electrons. The summed E-state index contributed by atoms with van der Waals surface area (Å²) in [5.41, 5.74) is 7.49. The van der Waals surface area contributed by atoms with Crippen LogP contribution in [0.2, 0.25) is 0 Å². The Labute approximate surface area is 88.3 Å². The fourth-order valence-corrected chi connectivity index (χ4v) is 1.58. The molecule has 0 saturated carbocycles. The molecule has 0 radical (unpaired) electrons. The third-order valence-electron chi connectivity index (χ3n) is 2.27. The van der Waals surface area contributed by atoms with Crippen molar-refractivity contribution in [1.29, 1.82) is 5.41 Å². The van der Waals surface area contributed by atoms with Gasteiger partial charge in [0.15, 0.2) is 0 Å². The van der Waals surface area contributed by atoms with Gasteiger partial charge in [-0.3, -0.25) is 5.41 Å². The van der Waals surface area contributed by atoms with Crippen LogP contribution in [0.3, 0.4) is 0 Å². The molecule has 5 nitrogen and oxygen atoms in total. The standard InChI is InChI=1S/C10H15N3O2/c1-6-4-7(5-8(11)12)13(2)9(6)10(14)15-3/h4H,5H2,1-3H3,(H3,11,12). The lowest BCUT2D eigenvalue weighted by Gasteiger charge is -2.05. The Kier molecular flexibility index (Phi) is 3.14. The van der Waals surface area contributed by atoms with E-state index in [-0.39, 0.29) is 11.8 Å². The molecular weight excluding hydrogens is 194 g/mol. The molecule has 0 fully saturated rings. The molecule has 3 N–H and O–H groups in total. The van der Waals surface area contributed by atoms with E-state index in [4.69, 9.17) is 11.1 Å². The highest BCUT2D eigenvalue weighted by Gasteiger charge is 2.17. The summed E-state index contributed by atoms with van der Waals surface area (Å²) in [6.45, 7) is 1.83. The zero-order valence-electron chi connectivity index (χ0n) is 9.13. The molecule has 0 atom stereocenters. The molecular formula is C10H15N3O2. The Morgan fingerprint density at radius 3 is 2.73 bits per heavy atom. The molecule has 5 heteroatoms. The van der Waals surface area contributed by atoms with Crippen molar-refractivity contribution in [2.24, 2.45) is 12.8 Å². The fraction of sp³-hybridized carbons (Fsp3) is 0.400. The Morgan fingerprint density at radius 1 is 1.67 bits per heavy atom. The molecule has 1 heterocycles. The summed E-state index contributed by atoms with van der Waals surface area (Å²) in [6.07, 6.45) is 0.342. The van der Waals surface area contributed by atoms with E-state index in [1.165, 1.54) is 7.11 Å². The maximum Gasteiger partial charge on any atom is 0.354 e. The second-order valence-electron chi connectivity index (χ2n) is 3.42. The Balaban J connectivity index is 3.14. The van der Waals surface area contributed by atoms with E-state index in [0.29, 0.717) is 12.1 Å². The molecule has 0 amide bonds. The highest BCUT2D eigenvalue weighted by Crippen LogP contribution is 2.15. The molecule has 0 aromatic carbocycles. The lowest BCUT2D eigenvalue weighted by Crippen LogP contribution is -2.16. The van der Waals surface area contributed by atoms with Gasteiger partial charge in [-0.25, -0.2) is 4.79 Å². The molecule has 15 heavy (non-hydrogen) atoms. The quantitative estimate of drug-likeness (QED) is 0.434. The van der Waals surface area contributed by atoms with Crippen molar-refractivity contribution < 1.29 is 9.53 Å². The number of rotatable bonds is 3. The third kappa shape index (κ3) is 2.18. The van der Waals surface area contributed by atoms with Crippen molar-refractivity contribution in [2.75, 3.05) is 7.11 Å². The second kappa shape index (κ2) is 4.16. The monoisotopic (exact) mass is 209 g/mol. The maximum atomic E-state index is 11.4. The largest absolute Gasteiger partial charge is 0.464 e. The van der Waals surface area contributed by atoms with E-state index in [1.54, 1.807) is 11.6 Å². The van der Waals surface area contributed by atoms with Crippen LogP contribution in [0.1, 0.15) is 21.7 Å². The summed E-state index contributed by atoms with van der Waals surface area (Å²) >= 11 is 0. The van der Waals surface area contributed by atoms with Crippen molar-refractivity contribution in [3.63, 3.8) is 0 Å². The number of hydrogen-bond acceptors (Lipinski definition) is 3. The molecule has 1 aromatic rings. The van der Waals surface area contributed by atoms with Crippen molar-refractivity contribution in [3.8, 4) is 0 Å². The minimum atomic E-state index is -0.371. The minimum Gasteiger partial charge on any atom is -0.464 e. The number of methoxy groups -OCH3 is 1. The molecule has 0 aliphatic rings. The van der Waals surface area contributed by atoms with Gasteiger partial charge in [-0.15, -0.1) is 0 Å². The first kappa shape index (κ1) is 11.3. The van der Waals surface area contributed by atoms with Crippen molar-refractivity contribution in [2.45, 2.75) is 13.3 Å². The maximum absolute atomic E-state index is 11.4. The molecule has 0 aliphatic heterocycles. The SMILES string of the molecule is COC(=O)c1c(C)cc(CC(=N)N)n1C. The lowest BCUT2D eigenvalue weighted by atomic mass is 10.2. The number of carbonyl (C=O) groups excluding carboxylic acids is 1. The topological polar surface area (TPSA) is 81.1 Å². The van der Waals surface area contributed by atoms with Crippen LogP contribution in [-0.2, 0) is 18.2 Å². The summed E-state index contributed by atoms with van der Waals surface area (Å²) < 4.78 is 6.38. The fourth-order valence-electron chi connectivity index (χ4n) is 1.58. The molecule has 1 rings (SSSR count). The molecule has 0 bridgehead atoms. The summed E-state index contributed by atoms with van der Waals surface area (Å²) in [6, 6.07) is 1.84. The summed E-state index contributed by atoms with van der Waals surface area (Å²) in [5.74, 6) is -0.295. The van der Waals surface area contributed by atoms with Gasteiger partial charge >= 0.3 is 5.97 Å². The van der Waals surface area contributed by atoms with Crippen LogP contribution in [0.4, 0.5) is 0 Å². The number of aromatic nitrogens is 1. The summed E-state index contributed by atoms with van der Waals surface area (Å²) in [4.78, 5) is 11.4. The van der Waals surface area contributed by atoms with Gasteiger partial charge in [0.25, 0.3) is 0 Å². The van der Waals surface area contributed by atoms with Crippen LogP contribution in [-0.4, -0.2) is 23.5 Å². The zero-order chi connectivity index (χ0) is 11.6. The number of nitrogens with one attached hydrogen (secondary N) is 1. The molecule has 0 saturated heterocycles. The molecule has 0 aliphatic carbocycles. The van der Waals surface area contributed by atoms with Crippen LogP contribution in [0, 0.1) is 12.3 Å². The smallest absolute Gasteiger partial charge is 0.354 e. The van der Waals surface area contributed by atoms with E-state index in [2.05, 4.69) is 4.74 Å². The number of hydrogen-bond donors (Lipinski definition) is 2. The first-order valence-corrected chi connectivity index (χ1v) is 4.53. The predicted molar refractivity (Wildman–Crippen MR) is 57.1 cm³/mol. The molecule has 0 spiro atoms. The number of nitrogens with zero attached hydrogens (tertiary/aromatic N) is 1. The number of carbonyl (C=O) groups is 1. The Morgan fingerprint density at radius 2 is 2.27 bits per heavy atom. The van der Waals surface area contributed by atoms with Gasteiger partial charge in [-0.05, 0) is 18.6 Å². The van der Waals surface area contributed by atoms with Crippen molar-refractivity contribution >= 4 is 11.8 Å². The highest BCUT2D eigenvalue weighted by atomic mass is 16.5. The van der Waals surface area contributed by atoms with Crippen LogP contribution in [0.5, 0.6) is 0 Å². The van der Waals surface area contributed by atoms with Gasteiger partial charge < -0.3 is 15.0 Å². The first-order chi connectivity index (χ1) is 6.97. The van der Waals surface area contributed by atoms with Gasteiger partial charge in [0, 0.05) is 19.2 Å². The number of esters is 1. The Hall–Kier alpha value is -1.78. The van der Waals surface area contributed by atoms with E-state index in [1.807, 2.05) is 13.0 Å². The molecule has 0 unspecified atom stereocenters. The zero-order valence-corrected chi connectivity index (χ0v) is 9.13. The minimum absolute atomic E-state index is 0.0759. The van der Waals surface area contributed by atoms with Gasteiger partial charge in [0.1, 0.15) is 5.69 Å². The van der Waals surface area contributed by atoms with Crippen molar-refractivity contribution in [1.82, 2.24) is 4.57 Å². The van der Waals surface area contributed by atoms with Crippen LogP contribution < -0.4 is 5.73 Å². The second-order valence-corrected chi connectivity index (χ2v) is 3.42.